The number of methoxy groups -OCH3 is 1. The Labute approximate surface area is 223 Å². The summed E-state index contributed by atoms with van der Waals surface area (Å²) in [5, 5.41) is 11.1. The molecule has 4 nitrogen and oxygen atoms in total. The standard InChI is InChI=1S/C27H29ClF4N2O2S/c1-36-18-2-3-24-19(14-18)25(20(28)15-33-24)21(30)4-5-27(16-35)6-8-34(9-7-27)10-11-37-26-22(31)12-17(29)13-23(26)32/h2-3,12-15,21,35H,4-11,16H2,1H3/t21-/m1/s1. The molecule has 2 heterocycles. The Kier molecular flexibility index (Phi) is 9.21. The van der Waals surface area contributed by atoms with Crippen molar-refractivity contribution >= 4 is 34.3 Å². The zero-order valence-electron chi connectivity index (χ0n) is 20.5. The minimum Gasteiger partial charge on any atom is -0.497 e. The lowest BCUT2D eigenvalue weighted by Crippen LogP contribution is -2.42. The molecule has 2 aromatic carbocycles. The van der Waals surface area contributed by atoms with Gasteiger partial charge in [0.15, 0.2) is 0 Å². The number of aliphatic hydroxyl groups is 1. The van der Waals surface area contributed by atoms with E-state index < -0.39 is 29.0 Å². The number of aromatic nitrogens is 1. The van der Waals surface area contributed by atoms with Crippen molar-refractivity contribution in [3.63, 3.8) is 0 Å². The number of rotatable bonds is 10. The second-order valence-corrected chi connectivity index (χ2v) is 11.0. The van der Waals surface area contributed by atoms with Crippen molar-refractivity contribution in [2.24, 2.45) is 5.41 Å². The summed E-state index contributed by atoms with van der Waals surface area (Å²) < 4.78 is 61.7. The van der Waals surface area contributed by atoms with Crippen LogP contribution in [0.1, 0.15) is 37.4 Å². The predicted octanol–water partition coefficient (Wildman–Crippen LogP) is 6.97. The van der Waals surface area contributed by atoms with Crippen LogP contribution in [0.5, 0.6) is 5.75 Å². The normalized spacial score (nSPS) is 16.7. The summed E-state index contributed by atoms with van der Waals surface area (Å²) >= 11 is 7.37. The third kappa shape index (κ3) is 6.50. The van der Waals surface area contributed by atoms with Crippen LogP contribution in [0.3, 0.4) is 0 Å². The highest BCUT2D eigenvalue weighted by Gasteiger charge is 2.35. The fraction of sp³-hybridized carbons (Fsp3) is 0.444. The lowest BCUT2D eigenvalue weighted by Gasteiger charge is -2.41. The quantitative estimate of drug-likeness (QED) is 0.216. The minimum absolute atomic E-state index is 0.0487. The first kappa shape index (κ1) is 28.0. The molecular weight excluding hydrogens is 528 g/mol. The van der Waals surface area contributed by atoms with Crippen LogP contribution in [-0.2, 0) is 0 Å². The van der Waals surface area contributed by atoms with Crippen molar-refractivity contribution in [2.45, 2.75) is 36.8 Å². The summed E-state index contributed by atoms with van der Waals surface area (Å²) in [6.45, 7) is 1.91. The lowest BCUT2D eigenvalue weighted by atomic mass is 9.74. The number of piperidine rings is 1. The monoisotopic (exact) mass is 556 g/mol. The Bertz CT molecular complexity index is 1220. The van der Waals surface area contributed by atoms with E-state index in [9.17, 15) is 18.3 Å². The molecule has 1 aromatic heterocycles. The molecule has 0 radical (unpaired) electrons. The summed E-state index contributed by atoms with van der Waals surface area (Å²) in [5.41, 5.74) is 0.607. The molecule has 1 saturated heterocycles. The molecule has 37 heavy (non-hydrogen) atoms. The highest BCUT2D eigenvalue weighted by molar-refractivity contribution is 7.99. The molecule has 0 spiro atoms. The number of halogens is 5. The topological polar surface area (TPSA) is 45.6 Å². The average Bonchev–Trinajstić information content (AvgIpc) is 2.89. The van der Waals surface area contributed by atoms with E-state index in [4.69, 9.17) is 16.3 Å². The van der Waals surface area contributed by atoms with Crippen molar-refractivity contribution in [1.29, 1.82) is 0 Å². The molecule has 200 valence electrons. The van der Waals surface area contributed by atoms with E-state index in [1.165, 1.54) is 6.20 Å². The molecule has 1 atom stereocenters. The van der Waals surface area contributed by atoms with Crippen LogP contribution < -0.4 is 4.74 Å². The van der Waals surface area contributed by atoms with Gasteiger partial charge in [0, 0.05) is 48.2 Å². The van der Waals surface area contributed by atoms with Gasteiger partial charge in [-0.3, -0.25) is 4.98 Å². The largest absolute Gasteiger partial charge is 0.497 e. The number of hydrogen-bond acceptors (Lipinski definition) is 5. The molecule has 1 fully saturated rings. The van der Waals surface area contributed by atoms with Crippen LogP contribution >= 0.6 is 23.4 Å². The molecular formula is C27H29ClF4N2O2S. The second-order valence-electron chi connectivity index (χ2n) is 9.46. The fourth-order valence-electron chi connectivity index (χ4n) is 4.87. The van der Waals surface area contributed by atoms with Crippen molar-refractivity contribution < 1.29 is 27.4 Å². The van der Waals surface area contributed by atoms with Gasteiger partial charge < -0.3 is 14.7 Å². The van der Waals surface area contributed by atoms with E-state index in [2.05, 4.69) is 9.88 Å². The van der Waals surface area contributed by atoms with Crippen LogP contribution in [-0.4, -0.2) is 54.1 Å². The van der Waals surface area contributed by atoms with Gasteiger partial charge in [-0.25, -0.2) is 17.6 Å². The number of thioether (sulfide) groups is 1. The van der Waals surface area contributed by atoms with Crippen molar-refractivity contribution in [1.82, 2.24) is 9.88 Å². The van der Waals surface area contributed by atoms with Crippen LogP contribution in [0.4, 0.5) is 17.6 Å². The van der Waals surface area contributed by atoms with Gasteiger partial charge in [-0.2, -0.15) is 0 Å². The summed E-state index contributed by atoms with van der Waals surface area (Å²) in [5.74, 6) is -1.71. The number of aliphatic hydroxyl groups excluding tert-OH is 1. The Hall–Kier alpha value is -2.07. The number of nitrogens with zero attached hydrogens (tertiary/aromatic N) is 2. The summed E-state index contributed by atoms with van der Waals surface area (Å²) in [6, 6.07) is 6.62. The average molecular weight is 557 g/mol. The minimum atomic E-state index is -1.33. The van der Waals surface area contributed by atoms with Crippen molar-refractivity contribution in [3.8, 4) is 5.75 Å². The van der Waals surface area contributed by atoms with Gasteiger partial charge in [-0.15, -0.1) is 11.8 Å². The predicted molar refractivity (Wildman–Crippen MR) is 139 cm³/mol. The molecule has 4 rings (SSSR count). The van der Waals surface area contributed by atoms with E-state index in [1.807, 2.05) is 0 Å². The highest BCUT2D eigenvalue weighted by Crippen LogP contribution is 2.42. The summed E-state index contributed by atoms with van der Waals surface area (Å²) in [7, 11) is 1.54. The number of fused-ring (bicyclic) bond motifs is 1. The van der Waals surface area contributed by atoms with Crippen LogP contribution in [0, 0.1) is 22.9 Å². The maximum atomic E-state index is 15.6. The summed E-state index contributed by atoms with van der Waals surface area (Å²) in [6.07, 6.45) is 2.18. The Morgan fingerprint density at radius 1 is 1.16 bits per heavy atom. The number of ether oxygens (including phenoxy) is 1. The maximum absolute atomic E-state index is 15.6. The first-order valence-corrected chi connectivity index (χ1v) is 13.5. The smallest absolute Gasteiger partial charge is 0.142 e. The summed E-state index contributed by atoms with van der Waals surface area (Å²) in [4.78, 5) is 6.26. The molecule has 0 unspecified atom stereocenters. The highest BCUT2D eigenvalue weighted by atomic mass is 35.5. The molecule has 0 bridgehead atoms. The molecule has 3 aromatic rings. The molecule has 0 amide bonds. The van der Waals surface area contributed by atoms with Crippen molar-refractivity contribution in [2.75, 3.05) is 39.1 Å². The van der Waals surface area contributed by atoms with Gasteiger partial charge in [0.25, 0.3) is 0 Å². The SMILES string of the molecule is COc1ccc2ncc(Cl)c([C@H](F)CCC3(CO)CCN(CCSc4c(F)cc(F)cc4F)CC3)c2c1. The van der Waals surface area contributed by atoms with E-state index in [1.54, 1.807) is 25.3 Å². The maximum Gasteiger partial charge on any atom is 0.142 e. The Morgan fingerprint density at radius 3 is 2.51 bits per heavy atom. The van der Waals surface area contributed by atoms with Crippen LogP contribution in [0.2, 0.25) is 5.02 Å². The first-order valence-electron chi connectivity index (χ1n) is 12.1. The van der Waals surface area contributed by atoms with Gasteiger partial charge in [0.2, 0.25) is 0 Å². The molecule has 1 aliphatic heterocycles. The van der Waals surface area contributed by atoms with Gasteiger partial charge in [-0.1, -0.05) is 11.6 Å². The first-order chi connectivity index (χ1) is 17.7. The van der Waals surface area contributed by atoms with E-state index >= 15 is 4.39 Å². The number of likely N-dealkylation sites (tertiary alicyclic amines) is 1. The molecule has 1 N–H and O–H groups in total. The van der Waals surface area contributed by atoms with Gasteiger partial charge in [0.05, 0.1) is 22.5 Å². The third-order valence-corrected chi connectivity index (χ3v) is 8.55. The van der Waals surface area contributed by atoms with Gasteiger partial charge in [-0.05, 0) is 62.4 Å². The number of alkyl halides is 1. The molecule has 0 aliphatic carbocycles. The van der Waals surface area contributed by atoms with Gasteiger partial charge in [0.1, 0.15) is 29.4 Å². The second kappa shape index (κ2) is 12.2. The van der Waals surface area contributed by atoms with Crippen LogP contribution in [0.25, 0.3) is 10.9 Å². The van der Waals surface area contributed by atoms with E-state index in [0.717, 1.165) is 11.8 Å². The number of pyridine rings is 1. The number of hydrogen-bond donors (Lipinski definition) is 1. The van der Waals surface area contributed by atoms with E-state index in [-0.39, 0.29) is 22.9 Å². The fourth-order valence-corrected chi connectivity index (χ4v) is 6.09. The third-order valence-electron chi connectivity index (χ3n) is 7.18. The molecule has 10 heteroatoms. The number of benzene rings is 2. The van der Waals surface area contributed by atoms with Crippen LogP contribution in [0.15, 0.2) is 41.4 Å². The Balaban J connectivity index is 1.33. The van der Waals surface area contributed by atoms with Gasteiger partial charge >= 0.3 is 0 Å². The molecule has 1 aliphatic rings. The Morgan fingerprint density at radius 2 is 1.86 bits per heavy atom. The van der Waals surface area contributed by atoms with E-state index in [0.29, 0.717) is 79.0 Å². The molecule has 0 saturated carbocycles. The zero-order valence-corrected chi connectivity index (χ0v) is 22.0. The van der Waals surface area contributed by atoms with Crippen molar-refractivity contribution in [3.05, 3.63) is 64.6 Å². The zero-order chi connectivity index (χ0) is 26.6. The lowest BCUT2D eigenvalue weighted by molar-refractivity contribution is 0.0323.